The second kappa shape index (κ2) is 9.67. The van der Waals surface area contributed by atoms with E-state index >= 15 is 0 Å². The first-order valence-electron chi connectivity index (χ1n) is 5.12. The minimum Gasteiger partial charge on any atom is -0.382 e. The molecule has 5 heteroatoms. The van der Waals surface area contributed by atoms with Gasteiger partial charge in [0.25, 0.3) is 0 Å². The first kappa shape index (κ1) is 15.5. The summed E-state index contributed by atoms with van der Waals surface area (Å²) in [6.45, 7) is 4.91. The summed E-state index contributed by atoms with van der Waals surface area (Å²) < 4.78 is 10.2. The van der Waals surface area contributed by atoms with E-state index < -0.39 is 0 Å². The van der Waals surface area contributed by atoms with Gasteiger partial charge in [-0.25, -0.2) is 0 Å². The van der Waals surface area contributed by atoms with Crippen LogP contribution in [0.1, 0.15) is 13.3 Å². The number of halogens is 2. The summed E-state index contributed by atoms with van der Waals surface area (Å²) in [5.41, 5.74) is -0.171. The fraction of sp³-hybridized carbons (Fsp3) is 1.00. The molecule has 0 rings (SSSR count). The smallest absolute Gasteiger partial charge is 0.0700 e. The van der Waals surface area contributed by atoms with Crippen molar-refractivity contribution in [1.82, 2.24) is 5.32 Å². The maximum Gasteiger partial charge on any atom is 0.0700 e. The van der Waals surface area contributed by atoms with Crippen LogP contribution in [0.3, 0.4) is 0 Å². The molecule has 0 atom stereocenters. The maximum absolute atomic E-state index is 5.80. The van der Waals surface area contributed by atoms with Crippen molar-refractivity contribution in [3.63, 3.8) is 0 Å². The predicted octanol–water partition coefficient (Wildman–Crippen LogP) is 1.87. The highest BCUT2D eigenvalue weighted by Gasteiger charge is 2.20. The number of ether oxygens (including phenoxy) is 2. The zero-order valence-corrected chi connectivity index (χ0v) is 11.0. The Morgan fingerprint density at radius 2 is 1.80 bits per heavy atom. The van der Waals surface area contributed by atoms with Crippen molar-refractivity contribution in [3.8, 4) is 0 Å². The fourth-order valence-electron chi connectivity index (χ4n) is 0.939. The van der Waals surface area contributed by atoms with Gasteiger partial charge in [0.2, 0.25) is 0 Å². The average molecular weight is 258 g/mol. The first-order valence-corrected chi connectivity index (χ1v) is 6.19. The summed E-state index contributed by atoms with van der Waals surface area (Å²) in [7, 11) is 1.66. The zero-order chi connectivity index (χ0) is 11.6. The molecular formula is C10H21Cl2NO2. The molecule has 0 bridgehead atoms. The van der Waals surface area contributed by atoms with E-state index in [0.29, 0.717) is 25.0 Å². The number of methoxy groups -OCH3 is 1. The van der Waals surface area contributed by atoms with Crippen molar-refractivity contribution >= 4 is 23.2 Å². The molecule has 0 saturated carbocycles. The molecule has 0 aromatic rings. The van der Waals surface area contributed by atoms with Crippen molar-refractivity contribution in [2.45, 2.75) is 18.9 Å². The van der Waals surface area contributed by atoms with Crippen molar-refractivity contribution in [1.29, 1.82) is 0 Å². The lowest BCUT2D eigenvalue weighted by Gasteiger charge is -2.25. The highest BCUT2D eigenvalue weighted by molar-refractivity contribution is 6.22. The molecule has 3 nitrogen and oxygen atoms in total. The van der Waals surface area contributed by atoms with E-state index in [9.17, 15) is 0 Å². The number of alkyl halides is 2. The number of nitrogens with one attached hydrogen (secondary N) is 1. The van der Waals surface area contributed by atoms with Gasteiger partial charge < -0.3 is 14.8 Å². The molecule has 0 fully saturated rings. The van der Waals surface area contributed by atoms with E-state index in [2.05, 4.69) is 5.32 Å². The lowest BCUT2D eigenvalue weighted by Crippen LogP contribution is -2.46. The van der Waals surface area contributed by atoms with Crippen LogP contribution in [-0.2, 0) is 9.47 Å². The Bertz CT molecular complexity index is 143. The van der Waals surface area contributed by atoms with Crippen LogP contribution in [0.15, 0.2) is 0 Å². The second-order valence-electron chi connectivity index (χ2n) is 3.71. The standard InChI is InChI=1S/C10H21Cl2NO2/c1-10(8-11,9-12)13-4-3-5-15-7-6-14-2/h13H,3-9H2,1-2H3. The van der Waals surface area contributed by atoms with Crippen LogP contribution < -0.4 is 5.32 Å². The normalized spacial score (nSPS) is 12.0. The van der Waals surface area contributed by atoms with Crippen LogP contribution in [0.5, 0.6) is 0 Å². The Hall–Kier alpha value is 0.460. The van der Waals surface area contributed by atoms with E-state index in [0.717, 1.165) is 19.6 Å². The average Bonchev–Trinajstić information content (AvgIpc) is 2.27. The SMILES string of the molecule is COCCOCCCNC(C)(CCl)CCl. The van der Waals surface area contributed by atoms with Gasteiger partial charge in [0, 0.05) is 31.0 Å². The molecule has 15 heavy (non-hydrogen) atoms. The summed E-state index contributed by atoms with van der Waals surface area (Å²) in [5.74, 6) is 1.03. The van der Waals surface area contributed by atoms with Crippen molar-refractivity contribution in [2.75, 3.05) is 45.2 Å². The Labute approximate surface area is 102 Å². The molecular weight excluding hydrogens is 237 g/mol. The summed E-state index contributed by atoms with van der Waals surface area (Å²) >= 11 is 11.6. The Kier molecular flexibility index (Phi) is 9.97. The van der Waals surface area contributed by atoms with E-state index in [1.807, 2.05) is 6.92 Å². The van der Waals surface area contributed by atoms with Gasteiger partial charge in [0.1, 0.15) is 0 Å². The molecule has 1 N–H and O–H groups in total. The summed E-state index contributed by atoms with van der Waals surface area (Å²) in [4.78, 5) is 0. The molecule has 0 spiro atoms. The van der Waals surface area contributed by atoms with Crippen LogP contribution in [0.4, 0.5) is 0 Å². The largest absolute Gasteiger partial charge is 0.382 e. The van der Waals surface area contributed by atoms with Crippen molar-refractivity contribution < 1.29 is 9.47 Å². The van der Waals surface area contributed by atoms with Gasteiger partial charge >= 0.3 is 0 Å². The van der Waals surface area contributed by atoms with Gasteiger partial charge in [-0.15, -0.1) is 23.2 Å². The molecule has 92 valence electrons. The van der Waals surface area contributed by atoms with Gasteiger partial charge in [0.15, 0.2) is 0 Å². The van der Waals surface area contributed by atoms with Gasteiger partial charge in [-0.3, -0.25) is 0 Å². The molecule has 0 amide bonds. The topological polar surface area (TPSA) is 30.5 Å². The third kappa shape index (κ3) is 8.29. The monoisotopic (exact) mass is 257 g/mol. The van der Waals surface area contributed by atoms with E-state index in [4.69, 9.17) is 32.7 Å². The molecule has 0 aromatic carbocycles. The van der Waals surface area contributed by atoms with E-state index in [-0.39, 0.29) is 5.54 Å². The summed E-state index contributed by atoms with van der Waals surface area (Å²) in [5, 5.41) is 3.31. The van der Waals surface area contributed by atoms with Crippen molar-refractivity contribution in [3.05, 3.63) is 0 Å². The van der Waals surface area contributed by atoms with Crippen LogP contribution in [0, 0.1) is 0 Å². The minimum absolute atomic E-state index is 0.171. The van der Waals surface area contributed by atoms with Crippen molar-refractivity contribution in [2.24, 2.45) is 0 Å². The highest BCUT2D eigenvalue weighted by atomic mass is 35.5. The van der Waals surface area contributed by atoms with Crippen LogP contribution in [-0.4, -0.2) is 50.8 Å². The molecule has 0 radical (unpaired) electrons. The number of hydrogen-bond acceptors (Lipinski definition) is 3. The van der Waals surface area contributed by atoms with E-state index in [1.165, 1.54) is 0 Å². The maximum atomic E-state index is 5.80. The van der Waals surface area contributed by atoms with Crippen LogP contribution in [0.25, 0.3) is 0 Å². The van der Waals surface area contributed by atoms with Gasteiger partial charge in [-0.1, -0.05) is 0 Å². The first-order chi connectivity index (χ1) is 7.18. The molecule has 0 heterocycles. The third-order valence-electron chi connectivity index (χ3n) is 2.04. The summed E-state index contributed by atoms with van der Waals surface area (Å²) in [6, 6.07) is 0. The molecule has 0 aliphatic carbocycles. The molecule has 0 aromatic heterocycles. The molecule has 0 saturated heterocycles. The summed E-state index contributed by atoms with van der Waals surface area (Å²) in [6.07, 6.45) is 0.951. The second-order valence-corrected chi connectivity index (χ2v) is 4.25. The van der Waals surface area contributed by atoms with Crippen LogP contribution >= 0.6 is 23.2 Å². The fourth-order valence-corrected chi connectivity index (χ4v) is 1.41. The number of hydrogen-bond donors (Lipinski definition) is 1. The van der Waals surface area contributed by atoms with Gasteiger partial charge in [0.05, 0.1) is 13.2 Å². The van der Waals surface area contributed by atoms with Gasteiger partial charge in [-0.05, 0) is 19.9 Å². The molecule has 0 aliphatic heterocycles. The number of rotatable bonds is 10. The lowest BCUT2D eigenvalue weighted by molar-refractivity contribution is 0.0690. The lowest BCUT2D eigenvalue weighted by atomic mass is 10.1. The Morgan fingerprint density at radius 1 is 1.13 bits per heavy atom. The van der Waals surface area contributed by atoms with Crippen LogP contribution in [0.2, 0.25) is 0 Å². The predicted molar refractivity (Wildman–Crippen MR) is 65.2 cm³/mol. The zero-order valence-electron chi connectivity index (χ0n) is 9.52. The molecule has 0 aliphatic rings. The van der Waals surface area contributed by atoms with Gasteiger partial charge in [-0.2, -0.15) is 0 Å². The molecule has 0 unspecified atom stereocenters. The van der Waals surface area contributed by atoms with E-state index in [1.54, 1.807) is 7.11 Å². The third-order valence-corrected chi connectivity index (χ3v) is 3.22. The Balaban J connectivity index is 3.29. The highest BCUT2D eigenvalue weighted by Crippen LogP contribution is 2.08. The quantitative estimate of drug-likeness (QED) is 0.479. The minimum atomic E-state index is -0.171. The Morgan fingerprint density at radius 3 is 2.33 bits per heavy atom.